The van der Waals surface area contributed by atoms with Crippen LogP contribution < -0.4 is 0 Å². The molecule has 3 nitrogen and oxygen atoms in total. The highest BCUT2D eigenvalue weighted by Crippen LogP contribution is 2.30. The third kappa shape index (κ3) is 5.72. The summed E-state index contributed by atoms with van der Waals surface area (Å²) in [6.45, 7) is 11.5. The average molecular weight is 406 g/mol. The highest BCUT2D eigenvalue weighted by atomic mass is 15.1. The lowest BCUT2D eigenvalue weighted by Gasteiger charge is -2.23. The van der Waals surface area contributed by atoms with E-state index in [4.69, 9.17) is 4.98 Å². The van der Waals surface area contributed by atoms with E-state index in [1.54, 1.807) is 0 Å². The molecule has 0 saturated carbocycles. The zero-order valence-electron chi connectivity index (χ0n) is 19.2. The van der Waals surface area contributed by atoms with Crippen molar-refractivity contribution in [1.29, 1.82) is 0 Å². The Kier molecular flexibility index (Phi) is 8.95. The van der Waals surface area contributed by atoms with Crippen LogP contribution >= 0.6 is 0 Å². The van der Waals surface area contributed by atoms with Crippen molar-refractivity contribution in [1.82, 2.24) is 14.5 Å². The number of rotatable bonds is 13. The van der Waals surface area contributed by atoms with Crippen LogP contribution in [0.25, 0.3) is 11.0 Å². The molecule has 0 amide bonds. The second-order valence-electron chi connectivity index (χ2n) is 8.38. The van der Waals surface area contributed by atoms with Crippen LogP contribution in [0.2, 0.25) is 0 Å². The summed E-state index contributed by atoms with van der Waals surface area (Å²) in [5.41, 5.74) is 3.76. The molecule has 0 saturated heterocycles. The monoisotopic (exact) mass is 405 g/mol. The molecule has 2 aromatic carbocycles. The van der Waals surface area contributed by atoms with Gasteiger partial charge in [0.25, 0.3) is 0 Å². The van der Waals surface area contributed by atoms with Gasteiger partial charge in [0.15, 0.2) is 0 Å². The molecule has 0 bridgehead atoms. The van der Waals surface area contributed by atoms with Gasteiger partial charge in [-0.1, -0.05) is 76.1 Å². The fourth-order valence-electron chi connectivity index (χ4n) is 4.40. The molecule has 0 fully saturated rings. The van der Waals surface area contributed by atoms with Crippen LogP contribution in [0.15, 0.2) is 54.6 Å². The maximum Gasteiger partial charge on any atom is 0.117 e. The van der Waals surface area contributed by atoms with Crippen molar-refractivity contribution in [2.75, 3.05) is 19.6 Å². The van der Waals surface area contributed by atoms with Crippen LogP contribution in [0.3, 0.4) is 0 Å². The molecule has 0 radical (unpaired) electrons. The first-order valence-electron chi connectivity index (χ1n) is 12.0. The first-order chi connectivity index (χ1) is 14.8. The fraction of sp³-hybridized carbons (Fsp3) is 0.519. The van der Waals surface area contributed by atoms with Crippen molar-refractivity contribution in [2.24, 2.45) is 0 Å². The first kappa shape index (κ1) is 22.6. The summed E-state index contributed by atoms with van der Waals surface area (Å²) in [5.74, 6) is 1.56. The van der Waals surface area contributed by atoms with Gasteiger partial charge in [0.2, 0.25) is 0 Å². The Morgan fingerprint density at radius 2 is 1.43 bits per heavy atom. The van der Waals surface area contributed by atoms with Crippen LogP contribution in [0.5, 0.6) is 0 Å². The normalized spacial score (nSPS) is 12.7. The van der Waals surface area contributed by atoms with E-state index in [1.165, 1.54) is 68.6 Å². The minimum Gasteiger partial charge on any atom is -0.327 e. The lowest BCUT2D eigenvalue weighted by Crippen LogP contribution is -2.28. The average Bonchev–Trinajstić information content (AvgIpc) is 3.15. The standard InChI is InChI=1S/C27H39N3/c1-4-7-19-29(20-8-5-2)21-14-22-30-26-18-13-12-17-25(26)28-27(30)24(6-3)23-15-10-9-11-16-23/h9-13,15-18,24H,4-8,14,19-22H2,1-3H3. The lowest BCUT2D eigenvalue weighted by molar-refractivity contribution is 0.257. The van der Waals surface area contributed by atoms with Gasteiger partial charge in [0.05, 0.1) is 11.0 Å². The Labute approximate surface area is 183 Å². The molecule has 3 heteroatoms. The van der Waals surface area contributed by atoms with Gasteiger partial charge in [-0.3, -0.25) is 0 Å². The maximum atomic E-state index is 5.11. The summed E-state index contributed by atoms with van der Waals surface area (Å²) in [6.07, 6.45) is 7.38. The van der Waals surface area contributed by atoms with E-state index in [0.29, 0.717) is 5.92 Å². The van der Waals surface area contributed by atoms with Crippen molar-refractivity contribution in [3.63, 3.8) is 0 Å². The number of benzene rings is 2. The van der Waals surface area contributed by atoms with Gasteiger partial charge in [0.1, 0.15) is 5.82 Å². The Morgan fingerprint density at radius 3 is 2.10 bits per heavy atom. The number of aromatic nitrogens is 2. The Hall–Kier alpha value is -2.13. The molecule has 0 aliphatic rings. The highest BCUT2D eigenvalue weighted by molar-refractivity contribution is 5.76. The summed E-state index contributed by atoms with van der Waals surface area (Å²) in [4.78, 5) is 7.77. The fourth-order valence-corrected chi connectivity index (χ4v) is 4.40. The Morgan fingerprint density at radius 1 is 0.800 bits per heavy atom. The molecule has 0 N–H and O–H groups in total. The highest BCUT2D eigenvalue weighted by Gasteiger charge is 2.20. The smallest absolute Gasteiger partial charge is 0.117 e. The van der Waals surface area contributed by atoms with E-state index in [9.17, 15) is 0 Å². The van der Waals surface area contributed by atoms with Crippen LogP contribution in [0.4, 0.5) is 0 Å². The molecular weight excluding hydrogens is 366 g/mol. The number of imidazole rings is 1. The molecule has 1 unspecified atom stereocenters. The SMILES string of the molecule is CCCCN(CCCC)CCCn1c(C(CC)c2ccccc2)nc2ccccc21. The molecule has 0 aliphatic carbocycles. The zero-order valence-corrected chi connectivity index (χ0v) is 19.2. The van der Waals surface area contributed by atoms with E-state index in [0.717, 1.165) is 18.5 Å². The maximum absolute atomic E-state index is 5.11. The van der Waals surface area contributed by atoms with Crippen LogP contribution in [-0.2, 0) is 6.54 Å². The summed E-state index contributed by atoms with van der Waals surface area (Å²) >= 11 is 0. The van der Waals surface area contributed by atoms with Crippen LogP contribution in [0, 0.1) is 0 Å². The number of fused-ring (bicyclic) bond motifs is 1. The molecule has 0 aliphatic heterocycles. The first-order valence-corrected chi connectivity index (χ1v) is 12.0. The Bertz CT molecular complexity index is 860. The van der Waals surface area contributed by atoms with Crippen LogP contribution in [-0.4, -0.2) is 34.1 Å². The van der Waals surface area contributed by atoms with Gasteiger partial charge in [-0.25, -0.2) is 4.98 Å². The Balaban J connectivity index is 1.81. The summed E-state index contributed by atoms with van der Waals surface area (Å²) in [7, 11) is 0. The van der Waals surface area contributed by atoms with Crippen molar-refractivity contribution >= 4 is 11.0 Å². The van der Waals surface area contributed by atoms with E-state index in [1.807, 2.05) is 0 Å². The molecule has 3 rings (SSSR count). The second-order valence-corrected chi connectivity index (χ2v) is 8.38. The molecule has 0 spiro atoms. The van der Waals surface area contributed by atoms with Crippen LogP contribution in [0.1, 0.15) is 76.6 Å². The minimum atomic E-state index is 0.342. The number of hydrogen-bond acceptors (Lipinski definition) is 2. The summed E-state index contributed by atoms with van der Waals surface area (Å²) in [5, 5.41) is 0. The number of hydrogen-bond donors (Lipinski definition) is 0. The van der Waals surface area contributed by atoms with Gasteiger partial charge in [-0.15, -0.1) is 0 Å². The molecule has 162 valence electrons. The number of para-hydroxylation sites is 2. The van der Waals surface area contributed by atoms with E-state index >= 15 is 0 Å². The topological polar surface area (TPSA) is 21.1 Å². The van der Waals surface area contributed by atoms with Crippen molar-refractivity contribution < 1.29 is 0 Å². The third-order valence-electron chi connectivity index (χ3n) is 6.12. The molecule has 30 heavy (non-hydrogen) atoms. The quantitative estimate of drug-likeness (QED) is 0.309. The zero-order chi connectivity index (χ0) is 21.2. The number of aryl methyl sites for hydroxylation is 1. The third-order valence-corrected chi connectivity index (χ3v) is 6.12. The number of nitrogens with zero attached hydrogens (tertiary/aromatic N) is 3. The van der Waals surface area contributed by atoms with Crippen molar-refractivity contribution in [2.45, 2.75) is 71.8 Å². The predicted octanol–water partition coefficient (Wildman–Crippen LogP) is 6.87. The van der Waals surface area contributed by atoms with Gasteiger partial charge in [-0.05, 0) is 63.0 Å². The predicted molar refractivity (Wildman–Crippen MR) is 129 cm³/mol. The van der Waals surface area contributed by atoms with Gasteiger partial charge in [0, 0.05) is 12.5 Å². The number of unbranched alkanes of at least 4 members (excludes halogenated alkanes) is 2. The molecule has 1 aromatic heterocycles. The lowest BCUT2D eigenvalue weighted by atomic mass is 9.95. The molecule has 1 heterocycles. The summed E-state index contributed by atoms with van der Waals surface area (Å²) in [6, 6.07) is 19.5. The van der Waals surface area contributed by atoms with E-state index in [-0.39, 0.29) is 0 Å². The van der Waals surface area contributed by atoms with Crippen molar-refractivity contribution in [3.05, 3.63) is 66.0 Å². The summed E-state index contributed by atoms with van der Waals surface area (Å²) < 4.78 is 2.49. The van der Waals surface area contributed by atoms with Gasteiger partial charge < -0.3 is 9.47 Å². The second kappa shape index (κ2) is 11.9. The van der Waals surface area contributed by atoms with Gasteiger partial charge >= 0.3 is 0 Å². The van der Waals surface area contributed by atoms with E-state index < -0.39 is 0 Å². The molecular formula is C27H39N3. The minimum absolute atomic E-state index is 0.342. The largest absolute Gasteiger partial charge is 0.327 e. The van der Waals surface area contributed by atoms with Gasteiger partial charge in [-0.2, -0.15) is 0 Å². The van der Waals surface area contributed by atoms with E-state index in [2.05, 4.69) is 84.8 Å². The molecule has 3 aromatic rings. The molecule has 1 atom stereocenters. The van der Waals surface area contributed by atoms with Crippen molar-refractivity contribution in [3.8, 4) is 0 Å².